The summed E-state index contributed by atoms with van der Waals surface area (Å²) in [6, 6.07) is 11.1. The summed E-state index contributed by atoms with van der Waals surface area (Å²) in [7, 11) is 1.61. The number of hydrogen-bond donors (Lipinski definition) is 0. The van der Waals surface area contributed by atoms with Gasteiger partial charge in [-0.1, -0.05) is 24.3 Å². The van der Waals surface area contributed by atoms with E-state index in [2.05, 4.69) is 0 Å². The predicted molar refractivity (Wildman–Crippen MR) is 90.0 cm³/mol. The maximum absolute atomic E-state index is 13.9. The maximum atomic E-state index is 13.9. The lowest BCUT2D eigenvalue weighted by molar-refractivity contribution is 0.185. The molecule has 0 amide bonds. The molecular weight excluding hydrogens is 348 g/mol. The molecule has 0 fully saturated rings. The number of fused-ring (bicyclic) bond motifs is 1. The Morgan fingerprint density at radius 3 is 1.73 bits per heavy atom. The van der Waals surface area contributed by atoms with Gasteiger partial charge in [0.1, 0.15) is 6.61 Å². The average molecular weight is 364 g/mol. The van der Waals surface area contributed by atoms with Crippen LogP contribution in [0.15, 0.2) is 36.4 Å². The second kappa shape index (κ2) is 7.33. The molecule has 3 aromatic carbocycles. The van der Waals surface area contributed by atoms with Crippen LogP contribution in [0.4, 0.5) is 17.6 Å². The molecule has 0 aliphatic carbocycles. The van der Waals surface area contributed by atoms with E-state index in [1.165, 1.54) is 0 Å². The minimum Gasteiger partial charge on any atom is -0.483 e. The summed E-state index contributed by atoms with van der Waals surface area (Å²) in [4.78, 5) is 0. The fourth-order valence-corrected chi connectivity index (χ4v) is 2.69. The molecule has 2 nitrogen and oxygen atoms in total. The van der Waals surface area contributed by atoms with Crippen LogP contribution in [0, 0.1) is 30.2 Å². The molecule has 26 heavy (non-hydrogen) atoms. The smallest absolute Gasteiger partial charge is 0.204 e. The first-order valence-electron chi connectivity index (χ1n) is 7.88. The van der Waals surface area contributed by atoms with Crippen molar-refractivity contribution in [1.82, 2.24) is 0 Å². The maximum Gasteiger partial charge on any atom is 0.204 e. The molecule has 0 N–H and O–H groups in total. The van der Waals surface area contributed by atoms with Crippen molar-refractivity contribution in [1.29, 1.82) is 0 Å². The average Bonchev–Trinajstić information content (AvgIpc) is 2.65. The van der Waals surface area contributed by atoms with Gasteiger partial charge < -0.3 is 9.47 Å². The number of methoxy groups -OCH3 is 1. The molecule has 6 heteroatoms. The van der Waals surface area contributed by atoms with Crippen LogP contribution in [0.1, 0.15) is 16.7 Å². The van der Waals surface area contributed by atoms with E-state index in [1.54, 1.807) is 19.2 Å². The standard InChI is InChI=1S/C20H16F4O2/c1-11-16(21)18(23)20(19(24)17(11)22)26-10-13-4-6-14-7-12(9-25-2)3-5-15(14)8-13/h3-8H,9-10H2,1-2H3. The highest BCUT2D eigenvalue weighted by molar-refractivity contribution is 5.83. The van der Waals surface area contributed by atoms with Gasteiger partial charge in [-0.2, -0.15) is 8.78 Å². The minimum absolute atomic E-state index is 0.231. The third-order valence-electron chi connectivity index (χ3n) is 4.11. The first kappa shape index (κ1) is 18.2. The summed E-state index contributed by atoms with van der Waals surface area (Å²) < 4.78 is 65.0. The lowest BCUT2D eigenvalue weighted by Crippen LogP contribution is -2.06. The summed E-state index contributed by atoms with van der Waals surface area (Å²) >= 11 is 0. The largest absolute Gasteiger partial charge is 0.483 e. The number of halogens is 4. The minimum atomic E-state index is -1.54. The summed E-state index contributed by atoms with van der Waals surface area (Å²) in [6.45, 7) is 1.22. The summed E-state index contributed by atoms with van der Waals surface area (Å²) in [5.74, 6) is -7.04. The number of benzene rings is 3. The quantitative estimate of drug-likeness (QED) is 0.444. The Labute approximate surface area is 148 Å². The molecule has 3 rings (SSSR count). The molecule has 0 aliphatic rings. The normalized spacial score (nSPS) is 11.2. The van der Waals surface area contributed by atoms with Crippen LogP contribution >= 0.6 is 0 Å². The van der Waals surface area contributed by atoms with Crippen molar-refractivity contribution in [3.63, 3.8) is 0 Å². The topological polar surface area (TPSA) is 18.5 Å². The molecule has 0 unspecified atom stereocenters. The third kappa shape index (κ3) is 3.37. The van der Waals surface area contributed by atoms with Gasteiger partial charge in [0.25, 0.3) is 0 Å². The zero-order valence-electron chi connectivity index (χ0n) is 14.2. The highest BCUT2D eigenvalue weighted by Crippen LogP contribution is 2.30. The van der Waals surface area contributed by atoms with E-state index in [9.17, 15) is 17.6 Å². The van der Waals surface area contributed by atoms with Crippen molar-refractivity contribution in [3.8, 4) is 5.75 Å². The van der Waals surface area contributed by atoms with Gasteiger partial charge in [0.05, 0.1) is 6.61 Å². The Bertz CT molecular complexity index is 941. The Kier molecular flexibility index (Phi) is 5.13. The number of hydrogen-bond acceptors (Lipinski definition) is 2. The highest BCUT2D eigenvalue weighted by Gasteiger charge is 2.24. The highest BCUT2D eigenvalue weighted by atomic mass is 19.2. The molecule has 0 atom stereocenters. The Balaban J connectivity index is 1.85. The molecule has 0 saturated heterocycles. The second-order valence-corrected chi connectivity index (χ2v) is 5.95. The Morgan fingerprint density at radius 2 is 1.23 bits per heavy atom. The molecule has 3 aromatic rings. The molecule has 0 saturated carbocycles. The van der Waals surface area contributed by atoms with Crippen LogP contribution in [-0.4, -0.2) is 7.11 Å². The third-order valence-corrected chi connectivity index (χ3v) is 4.11. The van der Waals surface area contributed by atoms with Gasteiger partial charge in [0.2, 0.25) is 11.6 Å². The van der Waals surface area contributed by atoms with E-state index in [0.29, 0.717) is 12.2 Å². The van der Waals surface area contributed by atoms with Gasteiger partial charge >= 0.3 is 0 Å². The van der Waals surface area contributed by atoms with E-state index in [1.807, 2.05) is 24.3 Å². The first-order chi connectivity index (χ1) is 12.4. The van der Waals surface area contributed by atoms with Gasteiger partial charge in [0, 0.05) is 12.7 Å². The van der Waals surface area contributed by atoms with Crippen LogP contribution in [0.5, 0.6) is 5.75 Å². The fourth-order valence-electron chi connectivity index (χ4n) is 2.69. The molecule has 0 spiro atoms. The summed E-state index contributed by atoms with van der Waals surface area (Å²) in [5.41, 5.74) is 0.904. The van der Waals surface area contributed by atoms with Crippen molar-refractivity contribution in [2.24, 2.45) is 0 Å². The van der Waals surface area contributed by atoms with Crippen molar-refractivity contribution < 1.29 is 27.0 Å². The molecule has 0 heterocycles. The van der Waals surface area contributed by atoms with Crippen molar-refractivity contribution >= 4 is 10.8 Å². The summed E-state index contributed by atoms with van der Waals surface area (Å²) in [5, 5.41) is 1.86. The van der Waals surface area contributed by atoms with Crippen LogP contribution in [0.25, 0.3) is 10.8 Å². The van der Waals surface area contributed by atoms with Crippen molar-refractivity contribution in [2.75, 3.05) is 7.11 Å². The molecule has 0 aliphatic heterocycles. The fraction of sp³-hybridized carbons (Fsp3) is 0.200. The van der Waals surface area contributed by atoms with Gasteiger partial charge in [-0.05, 0) is 41.0 Å². The summed E-state index contributed by atoms with van der Waals surface area (Å²) in [6.07, 6.45) is 0. The van der Waals surface area contributed by atoms with E-state index < -0.39 is 34.6 Å². The van der Waals surface area contributed by atoms with E-state index in [-0.39, 0.29) is 6.61 Å². The van der Waals surface area contributed by atoms with Crippen LogP contribution in [0.2, 0.25) is 0 Å². The van der Waals surface area contributed by atoms with Gasteiger partial charge in [-0.3, -0.25) is 0 Å². The van der Waals surface area contributed by atoms with Gasteiger partial charge in [-0.25, -0.2) is 8.78 Å². The zero-order chi connectivity index (χ0) is 18.8. The van der Waals surface area contributed by atoms with Crippen LogP contribution < -0.4 is 4.74 Å². The number of ether oxygens (including phenoxy) is 2. The Morgan fingerprint density at radius 1 is 0.731 bits per heavy atom. The molecule has 0 radical (unpaired) electrons. The second-order valence-electron chi connectivity index (χ2n) is 5.95. The lowest BCUT2D eigenvalue weighted by atomic mass is 10.0. The lowest BCUT2D eigenvalue weighted by Gasteiger charge is -2.12. The van der Waals surface area contributed by atoms with Gasteiger partial charge in [0.15, 0.2) is 17.4 Å². The SMILES string of the molecule is COCc1ccc2cc(COc3c(F)c(F)c(C)c(F)c3F)ccc2c1. The predicted octanol–water partition coefficient (Wildman–Crippen LogP) is 5.43. The van der Waals surface area contributed by atoms with Crippen LogP contribution in [0.3, 0.4) is 0 Å². The molecule has 0 bridgehead atoms. The first-order valence-corrected chi connectivity index (χ1v) is 7.88. The van der Waals surface area contributed by atoms with Gasteiger partial charge in [-0.15, -0.1) is 0 Å². The molecule has 136 valence electrons. The monoisotopic (exact) mass is 364 g/mol. The zero-order valence-corrected chi connectivity index (χ0v) is 14.2. The Hall–Kier alpha value is -2.60. The molecular formula is C20H16F4O2. The number of rotatable bonds is 5. The van der Waals surface area contributed by atoms with Crippen LogP contribution in [-0.2, 0) is 18.0 Å². The van der Waals surface area contributed by atoms with Crippen molar-refractivity contribution in [2.45, 2.75) is 20.1 Å². The van der Waals surface area contributed by atoms with Crippen molar-refractivity contribution in [3.05, 3.63) is 76.4 Å². The van der Waals surface area contributed by atoms with E-state index >= 15 is 0 Å². The molecule has 0 aromatic heterocycles. The van der Waals surface area contributed by atoms with E-state index in [0.717, 1.165) is 23.3 Å². The van der Waals surface area contributed by atoms with E-state index in [4.69, 9.17) is 9.47 Å².